The Balaban J connectivity index is 0.000000210. The lowest BCUT2D eigenvalue weighted by Gasteiger charge is -2.38. The van der Waals surface area contributed by atoms with Crippen LogP contribution in [0, 0.1) is 70.4 Å². The second-order valence-electron chi connectivity index (χ2n) is 38.6. The molecule has 3 saturated heterocycles. The highest BCUT2D eigenvalue weighted by atomic mass is 19.2. The second kappa shape index (κ2) is 63.7. The first-order valence-electron chi connectivity index (χ1n) is 51.6. The van der Waals surface area contributed by atoms with E-state index >= 15 is 4.39 Å². The van der Waals surface area contributed by atoms with Crippen molar-refractivity contribution in [1.29, 1.82) is 0 Å². The van der Waals surface area contributed by atoms with Gasteiger partial charge in [0.1, 0.15) is 43.9 Å². The van der Waals surface area contributed by atoms with Gasteiger partial charge >= 0.3 is 42.5 Å². The Morgan fingerprint density at radius 1 is 0.432 bits per heavy atom. The third kappa shape index (κ3) is 40.1. The molecule has 146 heavy (non-hydrogen) atoms. The van der Waals surface area contributed by atoms with Gasteiger partial charge in [0.25, 0.3) is 0 Å². The summed E-state index contributed by atoms with van der Waals surface area (Å²) in [6.45, 7) is 5.86. The van der Waals surface area contributed by atoms with Crippen molar-refractivity contribution in [3.63, 3.8) is 0 Å². The summed E-state index contributed by atoms with van der Waals surface area (Å²) in [6.07, 6.45) is 20.4. The number of piperidine rings is 3. The highest BCUT2D eigenvalue weighted by Gasteiger charge is 2.39. The van der Waals surface area contributed by atoms with Crippen molar-refractivity contribution in [2.75, 3.05) is 141 Å². The number of nitrogens with two attached hydrogens (primary N) is 1. The molecule has 36 heteroatoms. The van der Waals surface area contributed by atoms with Gasteiger partial charge in [-0.05, 0) is 130 Å². The number of hydrogen-bond acceptors (Lipinski definition) is 21. The van der Waals surface area contributed by atoms with E-state index in [9.17, 15) is 60.6 Å². The molecule has 10 N–H and O–H groups in total. The van der Waals surface area contributed by atoms with Crippen LogP contribution < -0.4 is 52.4 Å². The van der Waals surface area contributed by atoms with Gasteiger partial charge in [0, 0.05) is 157 Å². The van der Waals surface area contributed by atoms with Crippen LogP contribution in [0.25, 0.3) is 0 Å². The first-order chi connectivity index (χ1) is 70.7. The number of alkyl carbamates (subject to hydrolysis) is 3. The zero-order chi connectivity index (χ0) is 104. The fourth-order valence-electron chi connectivity index (χ4n) is 20.1. The molecule has 802 valence electrons. The number of phenolic OH excluding ortho intramolecular Hbond substituents is 1. The summed E-state index contributed by atoms with van der Waals surface area (Å²) in [5.74, 6) is -4.76. The first-order valence-corrected chi connectivity index (χ1v) is 51.6. The van der Waals surface area contributed by atoms with Crippen LogP contribution in [0.5, 0.6) is 17.2 Å². The van der Waals surface area contributed by atoms with Crippen LogP contribution in [0.3, 0.4) is 0 Å². The van der Waals surface area contributed by atoms with Gasteiger partial charge in [-0.2, -0.15) is 0 Å². The lowest BCUT2D eigenvalue weighted by Crippen LogP contribution is -2.52. The largest absolute Gasteiger partial charge is 0.505 e. The van der Waals surface area contributed by atoms with E-state index < -0.39 is 83.3 Å². The number of likely N-dealkylation sites (tertiary alicyclic amines) is 2. The standard InChI is InChI=1S/C42H54F2N4O7.C27H42F2N4O5.C23H28F2N2O4.C18H28N2O2/c1-47(42(51)55-29-32-17-10-5-11-18-32)27-35(23-30-13-6-3-7-14-30)46-40(49)48-21-12-19-33(26-48)38(53-22-20-45-41(50)52-2)36-24-34(43)25-37(44)39(36)54-28-31-15-8-4-9-16-31;1-30-16-21(13-18-7-4-3-5-8-18)32-26(35)33-11-6-9-19(17-33)25(38-12-10-31-27(36)37-2)22-14-20(28)15-23(29)24(22)34;1-29-23(28)27-10-11-30-21(17-8-5-9-26-14-17)19-12-18(24)13-20(25)22(19)31-15-16-6-3-2-4-7-16;1-20(13-17(19)12-15-8-4-2-5-9-15)18(21)22-14-16-10-6-3-7-11-16/h4-5,8-11,15-18,24-25,30,33,35,38H,3,6-7,12-14,19-23,26-29H2,1-2H3,(H,45,50)(H,46,49);14-15,18-19,21,25,30,34H,3-13,16-17H2,1-2H3,(H,31,36)(H,32,35);2-4,6-7,12-13,17,21,26H,5,8-11,14-15H2,1H3,(H,27,28);3,6-7,10-11,15,17H,2,4-5,8-9,12-14,19H2,1H3/t33-,35+,38-;19-,21+,25-;17-,21-;17-/m1110/s1. The highest BCUT2D eigenvalue weighted by Crippen LogP contribution is 2.44. The number of nitrogens with zero attached hydrogens (tertiary/aromatic N) is 4. The molecule has 0 spiro atoms. The first kappa shape index (κ1) is 116. The SMILES string of the molecule is CN(C[C@@H](N)CC1CCCCC1)C(=O)OCc1ccccc1.CNC[C@H](CC1CCCCC1)NC(=O)N1CCC[C@@H]([C@@H](OCCNC(=O)OC)c2cc(F)cc(F)c2O)C1.COC(=O)NCCO[C@@H](c1cc(F)cc(F)c1OCc1ccccc1)[C@@H]1CCCN(C(=O)N[C@@H](CC2CCCCC2)CN(C)C(=O)OCc2ccccc2)C1.COC(=O)NCCO[C@@H](c1cc(F)cc(F)c1OCc1ccccc1)[C@@H]1CCCNC1. The molecule has 0 radical (unpaired) electrons. The third-order valence-electron chi connectivity index (χ3n) is 27.4. The number of urea groups is 2. The van der Waals surface area contributed by atoms with Crippen molar-refractivity contribution in [3.05, 3.63) is 232 Å². The quantitative estimate of drug-likeness (QED) is 0.00975. The summed E-state index contributed by atoms with van der Waals surface area (Å²) in [5.41, 5.74) is 10.3. The van der Waals surface area contributed by atoms with Crippen molar-refractivity contribution in [2.45, 2.75) is 217 Å². The average molecular weight is 2040 g/mol. The van der Waals surface area contributed by atoms with Gasteiger partial charge in [-0.25, -0.2) is 59.9 Å². The lowest BCUT2D eigenvalue weighted by molar-refractivity contribution is -0.0108. The molecule has 30 nitrogen and oxygen atoms in total. The molecule has 3 heterocycles. The van der Waals surface area contributed by atoms with Gasteiger partial charge in [0.15, 0.2) is 34.7 Å². The smallest absolute Gasteiger partial charge is 0.409 e. The average Bonchev–Trinajstić information content (AvgIpc) is 0.799. The minimum Gasteiger partial charge on any atom is -0.505 e. The van der Waals surface area contributed by atoms with Gasteiger partial charge in [-0.15, -0.1) is 0 Å². The molecular weight excluding hydrogens is 1890 g/mol. The topological polar surface area (TPSA) is 355 Å². The number of rotatable bonds is 42. The molecule has 6 fully saturated rings. The van der Waals surface area contributed by atoms with Crippen LogP contribution >= 0.6 is 0 Å². The van der Waals surface area contributed by atoms with E-state index in [0.29, 0.717) is 95.0 Å². The van der Waals surface area contributed by atoms with Gasteiger partial charge in [-0.3, -0.25) is 0 Å². The number of benzene rings is 7. The number of carbonyl (C=O) groups excluding carboxylic acids is 7. The Morgan fingerprint density at radius 2 is 0.788 bits per heavy atom. The van der Waals surface area contributed by atoms with E-state index in [1.165, 1.54) is 109 Å². The zero-order valence-corrected chi connectivity index (χ0v) is 85.4. The predicted octanol–water partition coefficient (Wildman–Crippen LogP) is 19.6. The maximum Gasteiger partial charge on any atom is 0.409 e. The summed E-state index contributed by atoms with van der Waals surface area (Å²) in [7, 11) is 9.08. The Morgan fingerprint density at radius 3 is 1.18 bits per heavy atom. The molecule has 9 atom stereocenters. The van der Waals surface area contributed by atoms with Crippen molar-refractivity contribution < 1.29 is 112 Å². The predicted molar refractivity (Wildman–Crippen MR) is 542 cm³/mol. The normalized spacial score (nSPS) is 17.8. The molecule has 0 aromatic heterocycles. The second-order valence-corrected chi connectivity index (χ2v) is 38.6. The summed E-state index contributed by atoms with van der Waals surface area (Å²) in [4.78, 5) is 93.3. The molecule has 7 aromatic rings. The number of phenols is 1. The summed E-state index contributed by atoms with van der Waals surface area (Å²) in [5, 5.41) is 30.9. The molecule has 3 saturated carbocycles. The number of ether oxygens (including phenoxy) is 10. The summed E-state index contributed by atoms with van der Waals surface area (Å²) in [6, 6.07) is 42.8. The van der Waals surface area contributed by atoms with E-state index in [2.05, 4.69) is 51.4 Å². The number of likely N-dealkylation sites (N-methyl/N-ethyl adjacent to an activating group) is 3. The minimum absolute atomic E-state index is 0.00662. The van der Waals surface area contributed by atoms with Crippen molar-refractivity contribution >= 4 is 42.5 Å². The Labute approximate surface area is 855 Å². The van der Waals surface area contributed by atoms with Crippen LogP contribution in [-0.4, -0.2) is 226 Å². The highest BCUT2D eigenvalue weighted by molar-refractivity contribution is 5.76. The third-order valence-corrected chi connectivity index (χ3v) is 27.4. The van der Waals surface area contributed by atoms with E-state index in [0.717, 1.165) is 111 Å². The molecule has 0 bridgehead atoms. The van der Waals surface area contributed by atoms with Crippen LogP contribution in [0.15, 0.2) is 158 Å². The van der Waals surface area contributed by atoms with Gasteiger partial charge in [0.05, 0.1) is 59.5 Å². The number of hydrogen-bond donors (Lipinski definition) is 9. The maximum absolute atomic E-state index is 15.5. The van der Waals surface area contributed by atoms with Crippen molar-refractivity contribution in [3.8, 4) is 17.2 Å². The zero-order valence-electron chi connectivity index (χ0n) is 85.4. The van der Waals surface area contributed by atoms with Crippen LogP contribution in [-0.2, 0) is 64.3 Å². The van der Waals surface area contributed by atoms with Crippen molar-refractivity contribution in [2.24, 2.45) is 41.2 Å². The fraction of sp³-hybridized carbons (Fsp3) is 0.555. The number of methoxy groups -OCH3 is 3. The van der Waals surface area contributed by atoms with E-state index in [1.807, 2.05) is 128 Å². The molecule has 9 amide bonds. The molecule has 13 rings (SSSR count). The van der Waals surface area contributed by atoms with Gasteiger partial charge in [-0.1, -0.05) is 218 Å². The van der Waals surface area contributed by atoms with Crippen LogP contribution in [0.2, 0.25) is 0 Å². The van der Waals surface area contributed by atoms with Crippen molar-refractivity contribution in [1.82, 2.24) is 56.8 Å². The number of halogens is 6. The van der Waals surface area contributed by atoms with E-state index in [-0.39, 0.29) is 149 Å². The Hall–Kier alpha value is -11.8. The number of aromatic hydroxyl groups is 1. The summed E-state index contributed by atoms with van der Waals surface area (Å²) < 4.78 is 143. The lowest BCUT2D eigenvalue weighted by atomic mass is 9.84. The van der Waals surface area contributed by atoms with E-state index in [4.69, 9.17) is 38.9 Å². The molecule has 6 aliphatic rings. The fourth-order valence-corrected chi connectivity index (χ4v) is 20.1. The Bertz CT molecular complexity index is 5040. The number of amides is 9. The molecule has 3 aliphatic heterocycles. The number of carbonyl (C=O) groups is 7. The Kier molecular flexibility index (Phi) is 50.6. The minimum atomic E-state index is -1.08. The van der Waals surface area contributed by atoms with Gasteiger partial charge in [0.2, 0.25) is 0 Å². The molecule has 7 aromatic carbocycles. The molecule has 3 aliphatic carbocycles. The van der Waals surface area contributed by atoms with Gasteiger partial charge < -0.3 is 115 Å². The number of nitrogens with one attached hydrogen (secondary N) is 7. The molecule has 0 unspecified atom stereocenters. The van der Waals surface area contributed by atoms with Crippen LogP contribution in [0.4, 0.5) is 59.9 Å². The van der Waals surface area contributed by atoms with Crippen LogP contribution in [0.1, 0.15) is 211 Å². The molecular formula is C110H152F6N12O18. The summed E-state index contributed by atoms with van der Waals surface area (Å²) >= 11 is 0. The maximum atomic E-state index is 15.5. The van der Waals surface area contributed by atoms with E-state index in [1.54, 1.807) is 28.8 Å². The monoisotopic (exact) mass is 2040 g/mol.